The quantitative estimate of drug-likeness (QED) is 0.687. The molecule has 4 heteroatoms. The zero-order valence-electron chi connectivity index (χ0n) is 13.9. The first-order valence-electron chi connectivity index (χ1n) is 7.84. The molecular weight excluding hydrogens is 280 g/mol. The SMILES string of the molecule is CCC(C)C(=O)OCC(COC(=O)c1ccccc1)C(C)C. The van der Waals surface area contributed by atoms with Gasteiger partial charge < -0.3 is 9.47 Å². The van der Waals surface area contributed by atoms with Crippen LogP contribution in [-0.4, -0.2) is 25.2 Å². The minimum absolute atomic E-state index is 0.000619. The lowest BCUT2D eigenvalue weighted by Crippen LogP contribution is -2.26. The lowest BCUT2D eigenvalue weighted by atomic mass is 9.98. The summed E-state index contributed by atoms with van der Waals surface area (Å²) in [6.45, 7) is 8.38. The van der Waals surface area contributed by atoms with E-state index in [2.05, 4.69) is 0 Å². The van der Waals surface area contributed by atoms with E-state index in [0.717, 1.165) is 6.42 Å². The molecule has 0 aliphatic rings. The topological polar surface area (TPSA) is 52.6 Å². The molecule has 0 aliphatic heterocycles. The van der Waals surface area contributed by atoms with Gasteiger partial charge in [-0.25, -0.2) is 4.79 Å². The third-order valence-electron chi connectivity index (χ3n) is 3.84. The molecular formula is C18H26O4. The summed E-state index contributed by atoms with van der Waals surface area (Å²) in [5.41, 5.74) is 0.529. The van der Waals surface area contributed by atoms with E-state index in [0.29, 0.717) is 5.56 Å². The summed E-state index contributed by atoms with van der Waals surface area (Å²) in [7, 11) is 0. The summed E-state index contributed by atoms with van der Waals surface area (Å²) >= 11 is 0. The molecule has 1 aromatic carbocycles. The molecule has 0 bridgehead atoms. The molecule has 4 nitrogen and oxygen atoms in total. The first-order chi connectivity index (χ1) is 10.5. The van der Waals surface area contributed by atoms with Crippen molar-refractivity contribution in [3.63, 3.8) is 0 Å². The highest BCUT2D eigenvalue weighted by Gasteiger charge is 2.20. The average Bonchev–Trinajstić information content (AvgIpc) is 2.53. The Morgan fingerprint density at radius 3 is 2.14 bits per heavy atom. The molecule has 0 spiro atoms. The van der Waals surface area contributed by atoms with Crippen LogP contribution in [0.3, 0.4) is 0 Å². The first kappa shape index (κ1) is 18.2. The summed E-state index contributed by atoms with van der Waals surface area (Å²) < 4.78 is 10.7. The number of hydrogen-bond donors (Lipinski definition) is 0. The van der Waals surface area contributed by atoms with E-state index in [-0.39, 0.29) is 42.9 Å². The molecule has 122 valence electrons. The molecule has 0 saturated heterocycles. The number of ether oxygens (including phenoxy) is 2. The van der Waals surface area contributed by atoms with Gasteiger partial charge in [-0.2, -0.15) is 0 Å². The largest absolute Gasteiger partial charge is 0.465 e. The fraction of sp³-hybridized carbons (Fsp3) is 0.556. The van der Waals surface area contributed by atoms with Gasteiger partial charge >= 0.3 is 11.9 Å². The van der Waals surface area contributed by atoms with Crippen molar-refractivity contribution in [3.05, 3.63) is 35.9 Å². The summed E-state index contributed by atoms with van der Waals surface area (Å²) in [6.07, 6.45) is 0.758. The van der Waals surface area contributed by atoms with Crippen molar-refractivity contribution in [2.75, 3.05) is 13.2 Å². The molecule has 1 aromatic rings. The van der Waals surface area contributed by atoms with E-state index in [9.17, 15) is 9.59 Å². The van der Waals surface area contributed by atoms with Gasteiger partial charge in [0.15, 0.2) is 0 Å². The monoisotopic (exact) mass is 306 g/mol. The fourth-order valence-corrected chi connectivity index (χ4v) is 1.77. The summed E-state index contributed by atoms with van der Waals surface area (Å²) in [4.78, 5) is 23.7. The standard InChI is InChI=1S/C18H26O4/c1-5-14(4)17(19)21-11-16(13(2)3)12-22-18(20)15-9-7-6-8-10-15/h6-10,13-14,16H,5,11-12H2,1-4H3. The number of carbonyl (C=O) groups is 2. The number of hydrogen-bond acceptors (Lipinski definition) is 4. The Kier molecular flexibility index (Phi) is 7.64. The van der Waals surface area contributed by atoms with Gasteiger partial charge in [0.25, 0.3) is 0 Å². The van der Waals surface area contributed by atoms with Crippen molar-refractivity contribution in [3.8, 4) is 0 Å². The number of carbonyl (C=O) groups excluding carboxylic acids is 2. The molecule has 0 fully saturated rings. The molecule has 0 radical (unpaired) electrons. The van der Waals surface area contributed by atoms with Crippen molar-refractivity contribution in [1.82, 2.24) is 0 Å². The number of esters is 2. The van der Waals surface area contributed by atoms with E-state index >= 15 is 0 Å². The molecule has 22 heavy (non-hydrogen) atoms. The van der Waals surface area contributed by atoms with Crippen molar-refractivity contribution in [2.24, 2.45) is 17.8 Å². The third kappa shape index (κ3) is 5.88. The van der Waals surface area contributed by atoms with Gasteiger partial charge in [-0.1, -0.05) is 45.9 Å². The summed E-state index contributed by atoms with van der Waals surface area (Å²) in [5.74, 6) is -0.379. The molecule has 0 N–H and O–H groups in total. The maximum Gasteiger partial charge on any atom is 0.338 e. The molecule has 0 aliphatic carbocycles. The van der Waals surface area contributed by atoms with Crippen LogP contribution in [0.5, 0.6) is 0 Å². The van der Waals surface area contributed by atoms with E-state index < -0.39 is 0 Å². The Morgan fingerprint density at radius 2 is 1.59 bits per heavy atom. The molecule has 0 amide bonds. The number of benzene rings is 1. The van der Waals surface area contributed by atoms with Crippen LogP contribution in [0.2, 0.25) is 0 Å². The minimum Gasteiger partial charge on any atom is -0.465 e. The van der Waals surface area contributed by atoms with Crippen LogP contribution in [-0.2, 0) is 14.3 Å². The van der Waals surface area contributed by atoms with Crippen LogP contribution < -0.4 is 0 Å². The Bertz CT molecular complexity index is 467. The van der Waals surface area contributed by atoms with E-state index in [1.54, 1.807) is 24.3 Å². The predicted molar refractivity (Wildman–Crippen MR) is 85.5 cm³/mol. The zero-order chi connectivity index (χ0) is 16.5. The highest BCUT2D eigenvalue weighted by molar-refractivity contribution is 5.89. The van der Waals surface area contributed by atoms with Crippen molar-refractivity contribution in [1.29, 1.82) is 0 Å². The lowest BCUT2D eigenvalue weighted by molar-refractivity contribution is -0.150. The van der Waals surface area contributed by atoms with Crippen molar-refractivity contribution >= 4 is 11.9 Å². The smallest absolute Gasteiger partial charge is 0.338 e. The van der Waals surface area contributed by atoms with Crippen molar-refractivity contribution in [2.45, 2.75) is 34.1 Å². The van der Waals surface area contributed by atoms with Crippen LogP contribution >= 0.6 is 0 Å². The van der Waals surface area contributed by atoms with E-state index in [1.807, 2.05) is 33.8 Å². The highest BCUT2D eigenvalue weighted by atomic mass is 16.5. The maximum absolute atomic E-state index is 11.9. The van der Waals surface area contributed by atoms with Gasteiger partial charge in [-0.05, 0) is 24.5 Å². The van der Waals surface area contributed by atoms with E-state index in [4.69, 9.17) is 9.47 Å². The fourth-order valence-electron chi connectivity index (χ4n) is 1.77. The van der Waals surface area contributed by atoms with Gasteiger partial charge in [0, 0.05) is 5.92 Å². The van der Waals surface area contributed by atoms with Crippen molar-refractivity contribution < 1.29 is 19.1 Å². The second kappa shape index (κ2) is 9.23. The molecule has 2 unspecified atom stereocenters. The maximum atomic E-state index is 11.9. The Labute approximate surface area is 132 Å². The predicted octanol–water partition coefficient (Wildman–Crippen LogP) is 3.70. The second-order valence-electron chi connectivity index (χ2n) is 5.91. The van der Waals surface area contributed by atoms with Gasteiger partial charge in [0.1, 0.15) is 0 Å². The normalized spacial score (nSPS) is 13.5. The Hall–Kier alpha value is -1.84. The summed E-state index contributed by atoms with van der Waals surface area (Å²) in [5, 5.41) is 0. The van der Waals surface area contributed by atoms with Crippen LogP contribution in [0.15, 0.2) is 30.3 Å². The van der Waals surface area contributed by atoms with Crippen LogP contribution in [0, 0.1) is 17.8 Å². The number of rotatable bonds is 8. The Morgan fingerprint density at radius 1 is 1.00 bits per heavy atom. The van der Waals surface area contributed by atoms with E-state index in [1.165, 1.54) is 0 Å². The second-order valence-corrected chi connectivity index (χ2v) is 5.91. The zero-order valence-corrected chi connectivity index (χ0v) is 13.9. The highest BCUT2D eigenvalue weighted by Crippen LogP contribution is 2.15. The first-order valence-corrected chi connectivity index (χ1v) is 7.84. The molecule has 0 saturated carbocycles. The van der Waals surface area contributed by atoms with Gasteiger partial charge in [-0.3, -0.25) is 4.79 Å². The average molecular weight is 306 g/mol. The summed E-state index contributed by atoms with van der Waals surface area (Å²) in [6, 6.07) is 8.88. The van der Waals surface area contributed by atoms with Crippen LogP contribution in [0.1, 0.15) is 44.5 Å². The minimum atomic E-state index is -0.348. The van der Waals surface area contributed by atoms with Gasteiger partial charge in [0.2, 0.25) is 0 Å². The third-order valence-corrected chi connectivity index (χ3v) is 3.84. The molecule has 2 atom stereocenters. The molecule has 1 rings (SSSR count). The molecule has 0 aromatic heterocycles. The molecule has 0 heterocycles. The lowest BCUT2D eigenvalue weighted by Gasteiger charge is -2.21. The van der Waals surface area contributed by atoms with Gasteiger partial charge in [-0.15, -0.1) is 0 Å². The Balaban J connectivity index is 2.48. The van der Waals surface area contributed by atoms with Gasteiger partial charge in [0.05, 0.1) is 24.7 Å². The van der Waals surface area contributed by atoms with Crippen LogP contribution in [0.4, 0.5) is 0 Å². The van der Waals surface area contributed by atoms with Crippen LogP contribution in [0.25, 0.3) is 0 Å².